The fourth-order valence-corrected chi connectivity index (χ4v) is 2.84. The van der Waals surface area contributed by atoms with Crippen molar-refractivity contribution in [2.75, 3.05) is 6.54 Å². The number of carbonyl (C=O) groups is 1. The summed E-state index contributed by atoms with van der Waals surface area (Å²) in [5, 5.41) is 0. The van der Waals surface area contributed by atoms with Crippen LogP contribution in [-0.2, 0) is 11.2 Å². The van der Waals surface area contributed by atoms with Crippen LogP contribution in [0.1, 0.15) is 24.1 Å². The van der Waals surface area contributed by atoms with Crippen LogP contribution in [0, 0.1) is 5.92 Å². The Kier molecular flexibility index (Phi) is 3.55. The molecule has 0 N–H and O–H groups in total. The standard InChI is InChI=1S/C18H19NO/c1-14(16-10-6-3-7-11-16)19-13-17(18(19)20)12-15-8-4-2-5-9-15/h2-11,14,17H,12-13H2,1H3/t14-,17+/m0/s1. The van der Waals surface area contributed by atoms with Gasteiger partial charge in [-0.1, -0.05) is 60.7 Å². The summed E-state index contributed by atoms with van der Waals surface area (Å²) in [6.45, 7) is 2.97. The van der Waals surface area contributed by atoms with Gasteiger partial charge < -0.3 is 4.90 Å². The Balaban J connectivity index is 1.62. The maximum atomic E-state index is 12.3. The Labute approximate surface area is 120 Å². The van der Waals surface area contributed by atoms with Crippen LogP contribution in [-0.4, -0.2) is 17.4 Å². The van der Waals surface area contributed by atoms with E-state index in [0.29, 0.717) is 0 Å². The van der Waals surface area contributed by atoms with Crippen molar-refractivity contribution < 1.29 is 4.79 Å². The minimum absolute atomic E-state index is 0.156. The molecule has 0 bridgehead atoms. The second-order valence-corrected chi connectivity index (χ2v) is 5.46. The quantitative estimate of drug-likeness (QED) is 0.775. The van der Waals surface area contributed by atoms with Gasteiger partial charge in [0, 0.05) is 6.54 Å². The van der Waals surface area contributed by atoms with Crippen molar-refractivity contribution in [1.82, 2.24) is 4.90 Å². The van der Waals surface area contributed by atoms with Gasteiger partial charge in [0.25, 0.3) is 0 Å². The molecule has 2 aromatic rings. The van der Waals surface area contributed by atoms with E-state index in [-0.39, 0.29) is 17.9 Å². The van der Waals surface area contributed by atoms with Gasteiger partial charge in [-0.05, 0) is 24.5 Å². The van der Waals surface area contributed by atoms with E-state index in [0.717, 1.165) is 13.0 Å². The number of hydrogen-bond acceptors (Lipinski definition) is 1. The lowest BCUT2D eigenvalue weighted by Crippen LogP contribution is -2.54. The predicted octanol–water partition coefficient (Wildman–Crippen LogP) is 3.45. The molecule has 20 heavy (non-hydrogen) atoms. The second kappa shape index (κ2) is 5.49. The zero-order chi connectivity index (χ0) is 13.9. The number of likely N-dealkylation sites (tertiary alicyclic amines) is 1. The van der Waals surface area contributed by atoms with Crippen LogP contribution in [0.5, 0.6) is 0 Å². The van der Waals surface area contributed by atoms with E-state index >= 15 is 0 Å². The molecule has 0 aliphatic carbocycles. The topological polar surface area (TPSA) is 20.3 Å². The molecule has 102 valence electrons. The predicted molar refractivity (Wildman–Crippen MR) is 80.2 cm³/mol. The van der Waals surface area contributed by atoms with E-state index in [1.807, 2.05) is 41.3 Å². The van der Waals surface area contributed by atoms with E-state index in [1.165, 1.54) is 11.1 Å². The van der Waals surface area contributed by atoms with Crippen LogP contribution in [0.25, 0.3) is 0 Å². The van der Waals surface area contributed by atoms with E-state index in [1.54, 1.807) is 0 Å². The highest BCUT2D eigenvalue weighted by atomic mass is 16.2. The van der Waals surface area contributed by atoms with Crippen molar-refractivity contribution in [1.29, 1.82) is 0 Å². The van der Waals surface area contributed by atoms with Gasteiger partial charge in [-0.15, -0.1) is 0 Å². The monoisotopic (exact) mass is 265 g/mol. The molecule has 0 spiro atoms. The van der Waals surface area contributed by atoms with E-state index < -0.39 is 0 Å². The van der Waals surface area contributed by atoms with E-state index in [2.05, 4.69) is 31.2 Å². The number of hydrogen-bond donors (Lipinski definition) is 0. The van der Waals surface area contributed by atoms with Gasteiger partial charge >= 0.3 is 0 Å². The third kappa shape index (κ3) is 2.46. The Morgan fingerprint density at radius 2 is 1.65 bits per heavy atom. The fraction of sp³-hybridized carbons (Fsp3) is 0.278. The Morgan fingerprint density at radius 1 is 1.05 bits per heavy atom. The molecular formula is C18H19NO. The van der Waals surface area contributed by atoms with Crippen LogP contribution in [0.3, 0.4) is 0 Å². The van der Waals surface area contributed by atoms with Crippen molar-refractivity contribution >= 4 is 5.91 Å². The van der Waals surface area contributed by atoms with Gasteiger partial charge in [0.15, 0.2) is 0 Å². The summed E-state index contributed by atoms with van der Waals surface area (Å²) < 4.78 is 0. The lowest BCUT2D eigenvalue weighted by Gasteiger charge is -2.43. The van der Waals surface area contributed by atoms with Gasteiger partial charge in [0.1, 0.15) is 0 Å². The third-order valence-electron chi connectivity index (χ3n) is 4.12. The highest BCUT2D eigenvalue weighted by Gasteiger charge is 2.39. The molecule has 1 amide bonds. The smallest absolute Gasteiger partial charge is 0.228 e. The van der Waals surface area contributed by atoms with Crippen molar-refractivity contribution in [2.24, 2.45) is 5.92 Å². The van der Waals surface area contributed by atoms with E-state index in [4.69, 9.17) is 0 Å². The van der Waals surface area contributed by atoms with Crippen LogP contribution < -0.4 is 0 Å². The number of nitrogens with zero attached hydrogens (tertiary/aromatic N) is 1. The van der Waals surface area contributed by atoms with Crippen LogP contribution >= 0.6 is 0 Å². The Bertz CT molecular complexity index is 579. The first-order chi connectivity index (χ1) is 9.75. The summed E-state index contributed by atoms with van der Waals surface area (Å²) in [4.78, 5) is 14.3. The molecule has 2 atom stereocenters. The molecule has 2 aromatic carbocycles. The van der Waals surface area contributed by atoms with Crippen molar-refractivity contribution in [2.45, 2.75) is 19.4 Å². The van der Waals surface area contributed by atoms with Crippen LogP contribution in [0.15, 0.2) is 60.7 Å². The number of β-lactam (4-membered cyclic amide) rings is 1. The average Bonchev–Trinajstić information content (AvgIpc) is 2.52. The fourth-order valence-electron chi connectivity index (χ4n) is 2.84. The maximum absolute atomic E-state index is 12.3. The van der Waals surface area contributed by atoms with E-state index in [9.17, 15) is 4.79 Å². The minimum Gasteiger partial charge on any atom is -0.335 e. The molecule has 1 saturated heterocycles. The first-order valence-corrected chi connectivity index (χ1v) is 7.15. The molecular weight excluding hydrogens is 246 g/mol. The highest BCUT2D eigenvalue weighted by Crippen LogP contribution is 2.31. The number of amides is 1. The minimum atomic E-state index is 0.156. The molecule has 2 nitrogen and oxygen atoms in total. The summed E-state index contributed by atoms with van der Waals surface area (Å²) in [5.41, 5.74) is 2.46. The van der Waals surface area contributed by atoms with Gasteiger partial charge in [0.2, 0.25) is 5.91 Å². The number of benzene rings is 2. The molecule has 1 aliphatic heterocycles. The number of carbonyl (C=O) groups excluding carboxylic acids is 1. The molecule has 3 rings (SSSR count). The molecule has 0 aromatic heterocycles. The highest BCUT2D eigenvalue weighted by molar-refractivity contribution is 5.85. The normalized spacial score (nSPS) is 19.6. The van der Waals surface area contributed by atoms with Gasteiger partial charge in [-0.3, -0.25) is 4.79 Å². The lowest BCUT2D eigenvalue weighted by atomic mass is 9.88. The summed E-state index contributed by atoms with van der Waals surface area (Å²) >= 11 is 0. The molecule has 1 heterocycles. The Hall–Kier alpha value is -2.09. The SMILES string of the molecule is C[C@@H](c1ccccc1)N1C[C@@H](Cc2ccccc2)C1=O. The third-order valence-corrected chi connectivity index (χ3v) is 4.12. The Morgan fingerprint density at radius 3 is 2.25 bits per heavy atom. The van der Waals surface area contributed by atoms with Crippen molar-refractivity contribution in [3.63, 3.8) is 0 Å². The molecule has 0 unspecified atom stereocenters. The van der Waals surface area contributed by atoms with Crippen LogP contribution in [0.2, 0.25) is 0 Å². The molecule has 1 aliphatic rings. The first kappa shape index (κ1) is 12.9. The lowest BCUT2D eigenvalue weighted by molar-refractivity contribution is -0.151. The maximum Gasteiger partial charge on any atom is 0.228 e. The van der Waals surface area contributed by atoms with Crippen molar-refractivity contribution in [3.05, 3.63) is 71.8 Å². The first-order valence-electron chi connectivity index (χ1n) is 7.15. The largest absolute Gasteiger partial charge is 0.335 e. The molecule has 1 fully saturated rings. The number of rotatable bonds is 4. The molecule has 2 heteroatoms. The van der Waals surface area contributed by atoms with Gasteiger partial charge in [-0.2, -0.15) is 0 Å². The molecule has 0 saturated carbocycles. The van der Waals surface area contributed by atoms with Crippen LogP contribution in [0.4, 0.5) is 0 Å². The molecule has 0 radical (unpaired) electrons. The zero-order valence-electron chi connectivity index (χ0n) is 11.7. The summed E-state index contributed by atoms with van der Waals surface area (Å²) in [5.74, 6) is 0.439. The van der Waals surface area contributed by atoms with Gasteiger partial charge in [-0.25, -0.2) is 0 Å². The second-order valence-electron chi connectivity index (χ2n) is 5.46. The summed E-state index contributed by atoms with van der Waals surface area (Å²) in [6.07, 6.45) is 0.859. The zero-order valence-corrected chi connectivity index (χ0v) is 11.7. The summed E-state index contributed by atoms with van der Waals surface area (Å²) in [6, 6.07) is 20.7. The van der Waals surface area contributed by atoms with Crippen molar-refractivity contribution in [3.8, 4) is 0 Å². The summed E-state index contributed by atoms with van der Waals surface area (Å²) in [7, 11) is 0. The van der Waals surface area contributed by atoms with Gasteiger partial charge in [0.05, 0.1) is 12.0 Å². The average molecular weight is 265 g/mol.